The van der Waals surface area contributed by atoms with Crippen LogP contribution in [0.15, 0.2) is 35.2 Å². The van der Waals surface area contributed by atoms with Crippen LogP contribution < -0.4 is 51.4 Å². The Morgan fingerprint density at radius 1 is 0.512 bits per heavy atom. The van der Waals surface area contributed by atoms with Gasteiger partial charge in [0.1, 0.15) is 10.1 Å². The quantitative estimate of drug-likeness (QED) is 0.0557. The standard InChI is InChI=1S/C38H64O3S.K/c1-3-5-7-9-11-13-15-17-19-21-23-25-27-34-29-30-35-33-36(42(39,40)41)31-32-38(35)37(34)28-26-24-22-20-18-16-14-12-10-8-6-4-2;/h29-33H,3-28H2,1-2H3,(H,39,40,41);/q;+1/p-1. The van der Waals surface area contributed by atoms with Gasteiger partial charge < -0.3 is 4.55 Å². The summed E-state index contributed by atoms with van der Waals surface area (Å²) in [5.41, 5.74) is 2.79. The summed E-state index contributed by atoms with van der Waals surface area (Å²) in [4.78, 5) is -0.125. The molecule has 0 bridgehead atoms. The van der Waals surface area contributed by atoms with Gasteiger partial charge >= 0.3 is 51.4 Å². The summed E-state index contributed by atoms with van der Waals surface area (Å²) in [5, 5.41) is 2.00. The Hall–Kier alpha value is 0.246. The molecule has 0 aliphatic rings. The molecule has 0 aromatic heterocycles. The van der Waals surface area contributed by atoms with Crippen molar-refractivity contribution >= 4 is 20.9 Å². The van der Waals surface area contributed by atoms with E-state index in [1.165, 1.54) is 171 Å². The third-order valence-electron chi connectivity index (χ3n) is 9.07. The van der Waals surface area contributed by atoms with Crippen molar-refractivity contribution in [2.45, 2.75) is 186 Å². The van der Waals surface area contributed by atoms with Gasteiger partial charge in [0, 0.05) is 0 Å². The van der Waals surface area contributed by atoms with Crippen LogP contribution in [0.4, 0.5) is 0 Å². The first-order chi connectivity index (χ1) is 20.5. The Morgan fingerprint density at radius 2 is 0.907 bits per heavy atom. The van der Waals surface area contributed by atoms with Crippen LogP contribution >= 0.6 is 0 Å². The van der Waals surface area contributed by atoms with Crippen molar-refractivity contribution in [2.24, 2.45) is 0 Å². The second kappa shape index (κ2) is 26.3. The third-order valence-corrected chi connectivity index (χ3v) is 9.90. The van der Waals surface area contributed by atoms with Gasteiger partial charge in [-0.05, 0) is 59.7 Å². The molecule has 0 heterocycles. The zero-order valence-electron chi connectivity index (χ0n) is 28.4. The second-order valence-corrected chi connectivity index (χ2v) is 14.2. The Morgan fingerprint density at radius 3 is 1.33 bits per heavy atom. The van der Waals surface area contributed by atoms with Crippen LogP contribution in [-0.4, -0.2) is 13.0 Å². The SMILES string of the molecule is CCCCCCCCCCCCCCc1ccc2cc(S(=O)(=O)[O-])ccc2c1CCCCCCCCCCCCCC.[K+]. The van der Waals surface area contributed by atoms with Crippen molar-refractivity contribution in [3.05, 3.63) is 41.5 Å². The predicted octanol–water partition coefficient (Wildman–Crippen LogP) is 9.24. The molecule has 0 unspecified atom stereocenters. The summed E-state index contributed by atoms with van der Waals surface area (Å²) in [6.07, 6.45) is 34.5. The molecule has 2 aromatic carbocycles. The Labute approximate surface area is 309 Å². The molecule has 0 radical (unpaired) electrons. The molecule has 3 nitrogen and oxygen atoms in total. The first-order valence-electron chi connectivity index (χ1n) is 18.0. The minimum absolute atomic E-state index is 0. The van der Waals surface area contributed by atoms with Gasteiger partial charge in [0.05, 0.1) is 4.90 Å². The molecular formula is C38H63KO3S. The fourth-order valence-electron chi connectivity index (χ4n) is 6.40. The monoisotopic (exact) mass is 638 g/mol. The van der Waals surface area contributed by atoms with Crippen molar-refractivity contribution in [3.63, 3.8) is 0 Å². The Bertz CT molecular complexity index is 1070. The summed E-state index contributed by atoms with van der Waals surface area (Å²) < 4.78 is 34.8. The average molecular weight is 639 g/mol. The van der Waals surface area contributed by atoms with Gasteiger partial charge in [0.2, 0.25) is 0 Å². The number of benzene rings is 2. The van der Waals surface area contributed by atoms with Crippen LogP contribution in [0, 0.1) is 0 Å². The number of unbranched alkanes of at least 4 members (excludes halogenated alkanes) is 22. The maximum absolute atomic E-state index is 11.6. The maximum Gasteiger partial charge on any atom is 1.00 e. The second-order valence-electron chi connectivity index (χ2n) is 12.8. The first-order valence-corrected chi connectivity index (χ1v) is 19.4. The molecule has 43 heavy (non-hydrogen) atoms. The van der Waals surface area contributed by atoms with E-state index in [1.54, 1.807) is 6.07 Å². The van der Waals surface area contributed by atoms with Gasteiger partial charge in [-0.3, -0.25) is 0 Å². The van der Waals surface area contributed by atoms with Crippen LogP contribution in [0.1, 0.15) is 179 Å². The summed E-state index contributed by atoms with van der Waals surface area (Å²) in [5.74, 6) is 0. The van der Waals surface area contributed by atoms with Crippen LogP contribution in [0.2, 0.25) is 0 Å². The smallest absolute Gasteiger partial charge is 0.744 e. The molecule has 0 saturated heterocycles. The molecule has 240 valence electrons. The van der Waals surface area contributed by atoms with Gasteiger partial charge in [0.15, 0.2) is 0 Å². The van der Waals surface area contributed by atoms with E-state index in [0.717, 1.165) is 23.6 Å². The van der Waals surface area contributed by atoms with E-state index in [4.69, 9.17) is 0 Å². The summed E-state index contributed by atoms with van der Waals surface area (Å²) in [6.45, 7) is 4.55. The molecule has 2 aromatic rings. The molecule has 0 spiro atoms. The van der Waals surface area contributed by atoms with Gasteiger partial charge in [0.25, 0.3) is 0 Å². The van der Waals surface area contributed by atoms with E-state index < -0.39 is 10.1 Å². The van der Waals surface area contributed by atoms with E-state index in [2.05, 4.69) is 19.9 Å². The normalized spacial score (nSPS) is 11.7. The van der Waals surface area contributed by atoms with Gasteiger partial charge in [-0.1, -0.05) is 173 Å². The van der Waals surface area contributed by atoms with E-state index >= 15 is 0 Å². The number of rotatable bonds is 27. The summed E-state index contributed by atoms with van der Waals surface area (Å²) in [7, 11) is -4.44. The van der Waals surface area contributed by atoms with Crippen LogP contribution in [-0.2, 0) is 23.0 Å². The van der Waals surface area contributed by atoms with Crippen molar-refractivity contribution in [3.8, 4) is 0 Å². The van der Waals surface area contributed by atoms with Crippen LogP contribution in [0.5, 0.6) is 0 Å². The predicted molar refractivity (Wildman–Crippen MR) is 181 cm³/mol. The molecule has 0 aliphatic heterocycles. The van der Waals surface area contributed by atoms with Gasteiger partial charge in [-0.15, -0.1) is 0 Å². The van der Waals surface area contributed by atoms with Crippen LogP contribution in [0.3, 0.4) is 0 Å². The maximum atomic E-state index is 11.6. The summed E-state index contributed by atoms with van der Waals surface area (Å²) in [6, 6.07) is 9.16. The van der Waals surface area contributed by atoms with Crippen molar-refractivity contribution < 1.29 is 64.4 Å². The number of hydrogen-bond acceptors (Lipinski definition) is 3. The number of aryl methyl sites for hydroxylation is 2. The molecule has 0 atom stereocenters. The molecule has 2 rings (SSSR count). The summed E-state index contributed by atoms with van der Waals surface area (Å²) >= 11 is 0. The molecule has 0 fully saturated rings. The Balaban J connectivity index is 0.00000924. The number of fused-ring (bicyclic) bond motifs is 1. The zero-order chi connectivity index (χ0) is 30.3. The molecular weight excluding hydrogens is 576 g/mol. The van der Waals surface area contributed by atoms with E-state index in [0.29, 0.717) is 0 Å². The van der Waals surface area contributed by atoms with E-state index in [9.17, 15) is 13.0 Å². The van der Waals surface area contributed by atoms with Crippen LogP contribution in [0.25, 0.3) is 10.8 Å². The van der Waals surface area contributed by atoms with Gasteiger partial charge in [-0.25, -0.2) is 8.42 Å². The number of hydrogen-bond donors (Lipinski definition) is 0. The third kappa shape index (κ3) is 18.9. The van der Waals surface area contributed by atoms with Crippen molar-refractivity contribution in [1.29, 1.82) is 0 Å². The van der Waals surface area contributed by atoms with Crippen molar-refractivity contribution in [1.82, 2.24) is 0 Å². The molecule has 0 amide bonds. The topological polar surface area (TPSA) is 57.2 Å². The molecule has 0 aliphatic carbocycles. The minimum atomic E-state index is -4.44. The Kier molecular flexibility index (Phi) is 25.3. The average Bonchev–Trinajstić information content (AvgIpc) is 2.98. The van der Waals surface area contributed by atoms with Crippen molar-refractivity contribution in [2.75, 3.05) is 0 Å². The fraction of sp³-hybridized carbons (Fsp3) is 0.737. The minimum Gasteiger partial charge on any atom is -0.744 e. The molecule has 0 saturated carbocycles. The fourth-order valence-corrected chi connectivity index (χ4v) is 6.91. The largest absolute Gasteiger partial charge is 1.00 e. The van der Waals surface area contributed by atoms with E-state index in [-0.39, 0.29) is 56.3 Å². The van der Waals surface area contributed by atoms with E-state index in [1.807, 2.05) is 12.1 Å². The molecule has 5 heteroatoms. The first kappa shape index (κ1) is 41.3. The van der Waals surface area contributed by atoms with Gasteiger partial charge in [-0.2, -0.15) is 0 Å². The zero-order valence-corrected chi connectivity index (χ0v) is 32.3. The molecule has 0 N–H and O–H groups in total.